The van der Waals surface area contributed by atoms with Crippen molar-refractivity contribution in [2.75, 3.05) is 7.05 Å². The summed E-state index contributed by atoms with van der Waals surface area (Å²) in [6, 6.07) is 0.487. The smallest absolute Gasteiger partial charge is 0.168 e. The number of hydrogen-bond donors (Lipinski definition) is 0. The molecule has 1 aromatic heterocycles. The predicted molar refractivity (Wildman–Crippen MR) is 55.7 cm³/mol. The summed E-state index contributed by atoms with van der Waals surface area (Å²) in [4.78, 5) is 13.3. The molecule has 0 spiro atoms. The number of fused-ring (bicyclic) bond motifs is 1. The van der Waals surface area contributed by atoms with Gasteiger partial charge in [-0.1, -0.05) is 0 Å². The van der Waals surface area contributed by atoms with E-state index in [1.807, 2.05) is 4.68 Å². The molecule has 1 aromatic rings. The van der Waals surface area contributed by atoms with Gasteiger partial charge in [0.1, 0.15) is 5.69 Å². The molecule has 4 nitrogen and oxygen atoms in total. The van der Waals surface area contributed by atoms with E-state index in [0.717, 1.165) is 36.3 Å². The highest BCUT2D eigenvalue weighted by Gasteiger charge is 2.29. The second-order valence-electron chi connectivity index (χ2n) is 4.63. The van der Waals surface area contributed by atoms with Gasteiger partial charge >= 0.3 is 0 Å². The summed E-state index contributed by atoms with van der Waals surface area (Å²) < 4.78 is 1.97. The summed E-state index contributed by atoms with van der Waals surface area (Å²) in [7, 11) is 2.06. The second kappa shape index (κ2) is 3.17. The summed E-state index contributed by atoms with van der Waals surface area (Å²) in [5, 5.41) is 4.58. The first-order valence-electron chi connectivity index (χ1n) is 5.53. The molecule has 80 valence electrons. The number of rotatable bonds is 2. The van der Waals surface area contributed by atoms with Crippen LogP contribution in [0, 0.1) is 0 Å². The van der Waals surface area contributed by atoms with E-state index in [1.165, 1.54) is 19.3 Å². The molecule has 0 radical (unpaired) electrons. The maximum atomic E-state index is 11.1. The van der Waals surface area contributed by atoms with Crippen LogP contribution < -0.4 is 0 Å². The van der Waals surface area contributed by atoms with Crippen LogP contribution in [0.15, 0.2) is 0 Å². The van der Waals surface area contributed by atoms with Crippen LogP contribution in [0.3, 0.4) is 0 Å². The van der Waals surface area contributed by atoms with Crippen molar-refractivity contribution in [3.8, 4) is 0 Å². The number of carbonyl (C=O) groups excluding carboxylic acids is 1. The van der Waals surface area contributed by atoms with Gasteiger partial charge in [0.05, 0.1) is 11.7 Å². The van der Waals surface area contributed by atoms with Gasteiger partial charge in [-0.05, 0) is 26.3 Å². The third kappa shape index (κ3) is 1.24. The summed E-state index contributed by atoms with van der Waals surface area (Å²) in [5.41, 5.74) is 3.07. The number of nitrogens with zero attached hydrogens (tertiary/aromatic N) is 3. The van der Waals surface area contributed by atoms with Gasteiger partial charge in [0.2, 0.25) is 0 Å². The molecule has 4 heteroatoms. The van der Waals surface area contributed by atoms with Gasteiger partial charge < -0.3 is 0 Å². The van der Waals surface area contributed by atoms with Crippen LogP contribution in [0.4, 0.5) is 0 Å². The van der Waals surface area contributed by atoms with Crippen molar-refractivity contribution < 1.29 is 4.79 Å². The topological polar surface area (TPSA) is 38.1 Å². The van der Waals surface area contributed by atoms with Crippen LogP contribution in [-0.4, -0.2) is 28.0 Å². The molecule has 2 heterocycles. The number of aromatic nitrogens is 2. The summed E-state index contributed by atoms with van der Waals surface area (Å²) in [6.45, 7) is 1.76. The molecule has 15 heavy (non-hydrogen) atoms. The van der Waals surface area contributed by atoms with E-state index in [-0.39, 0.29) is 0 Å². The van der Waals surface area contributed by atoms with E-state index < -0.39 is 0 Å². The Kier molecular flexibility index (Phi) is 1.92. The Bertz CT molecular complexity index is 406. The SMILES string of the molecule is CN1Cc2nn(C3CCC3)c(C=O)c2C1. The zero-order chi connectivity index (χ0) is 10.4. The molecule has 0 saturated heterocycles. The summed E-state index contributed by atoms with van der Waals surface area (Å²) >= 11 is 0. The molecule has 0 N–H and O–H groups in total. The molecule has 0 aromatic carbocycles. The first-order valence-corrected chi connectivity index (χ1v) is 5.53. The first-order chi connectivity index (χ1) is 7.29. The highest BCUT2D eigenvalue weighted by molar-refractivity contribution is 5.75. The van der Waals surface area contributed by atoms with Crippen LogP contribution in [-0.2, 0) is 13.1 Å². The van der Waals surface area contributed by atoms with Crippen LogP contribution in [0.25, 0.3) is 0 Å². The van der Waals surface area contributed by atoms with E-state index in [9.17, 15) is 4.79 Å². The molecule has 0 atom stereocenters. The van der Waals surface area contributed by atoms with Crippen molar-refractivity contribution in [3.63, 3.8) is 0 Å². The fourth-order valence-corrected chi connectivity index (χ4v) is 2.45. The lowest BCUT2D eigenvalue weighted by Gasteiger charge is -2.27. The number of carbonyl (C=O) groups is 1. The van der Waals surface area contributed by atoms with Crippen LogP contribution >= 0.6 is 0 Å². The van der Waals surface area contributed by atoms with E-state index >= 15 is 0 Å². The normalized spacial score (nSPS) is 21.4. The van der Waals surface area contributed by atoms with E-state index in [1.54, 1.807) is 0 Å². The van der Waals surface area contributed by atoms with Gasteiger partial charge in [0, 0.05) is 18.7 Å². The van der Waals surface area contributed by atoms with Gasteiger partial charge in [0.25, 0.3) is 0 Å². The third-order valence-electron chi connectivity index (χ3n) is 3.51. The van der Waals surface area contributed by atoms with Gasteiger partial charge in [-0.3, -0.25) is 14.4 Å². The lowest BCUT2D eigenvalue weighted by molar-refractivity contribution is 0.110. The molecule has 1 aliphatic heterocycles. The average molecular weight is 205 g/mol. The standard InChI is InChI=1S/C11H15N3O/c1-13-5-9-10(6-13)12-14(11(9)7-15)8-3-2-4-8/h7-8H,2-6H2,1H3. The van der Waals surface area contributed by atoms with Crippen molar-refractivity contribution in [2.24, 2.45) is 0 Å². The average Bonchev–Trinajstić information content (AvgIpc) is 2.57. The monoisotopic (exact) mass is 205 g/mol. The fraction of sp³-hybridized carbons (Fsp3) is 0.636. The maximum Gasteiger partial charge on any atom is 0.168 e. The van der Waals surface area contributed by atoms with Gasteiger partial charge in [0.15, 0.2) is 6.29 Å². The van der Waals surface area contributed by atoms with Gasteiger partial charge in [-0.2, -0.15) is 5.10 Å². The Balaban J connectivity index is 2.02. The van der Waals surface area contributed by atoms with Crippen LogP contribution in [0.1, 0.15) is 47.1 Å². The minimum atomic E-state index is 0.487. The van der Waals surface area contributed by atoms with E-state index in [0.29, 0.717) is 6.04 Å². The molecule has 0 unspecified atom stereocenters. The van der Waals surface area contributed by atoms with Crippen LogP contribution in [0.2, 0.25) is 0 Å². The number of hydrogen-bond acceptors (Lipinski definition) is 3. The fourth-order valence-electron chi connectivity index (χ4n) is 2.45. The first kappa shape index (κ1) is 9.09. The molecule has 1 aliphatic carbocycles. The van der Waals surface area contributed by atoms with Crippen molar-refractivity contribution in [1.29, 1.82) is 0 Å². The zero-order valence-electron chi connectivity index (χ0n) is 8.94. The third-order valence-corrected chi connectivity index (χ3v) is 3.51. The molecule has 1 saturated carbocycles. The van der Waals surface area contributed by atoms with Crippen molar-refractivity contribution >= 4 is 6.29 Å². The van der Waals surface area contributed by atoms with E-state index in [4.69, 9.17) is 0 Å². The molecule has 3 rings (SSSR count). The van der Waals surface area contributed by atoms with Gasteiger partial charge in [-0.25, -0.2) is 0 Å². The van der Waals surface area contributed by atoms with Crippen molar-refractivity contribution in [3.05, 3.63) is 17.0 Å². The highest BCUT2D eigenvalue weighted by Crippen LogP contribution is 2.34. The Morgan fingerprint density at radius 2 is 2.20 bits per heavy atom. The minimum absolute atomic E-state index is 0.487. The Morgan fingerprint density at radius 3 is 2.80 bits per heavy atom. The molecule has 0 bridgehead atoms. The van der Waals surface area contributed by atoms with Crippen molar-refractivity contribution in [1.82, 2.24) is 14.7 Å². The Morgan fingerprint density at radius 1 is 1.40 bits per heavy atom. The number of aldehydes is 1. The summed E-state index contributed by atoms with van der Waals surface area (Å²) in [6.07, 6.45) is 4.60. The molecular formula is C11H15N3O. The highest BCUT2D eigenvalue weighted by atomic mass is 16.1. The largest absolute Gasteiger partial charge is 0.296 e. The Labute approximate surface area is 88.9 Å². The Hall–Kier alpha value is -1.16. The maximum absolute atomic E-state index is 11.1. The summed E-state index contributed by atoms with van der Waals surface area (Å²) in [5.74, 6) is 0. The molecule has 2 aliphatic rings. The molecule has 0 amide bonds. The lowest BCUT2D eigenvalue weighted by Crippen LogP contribution is -2.22. The molecular weight excluding hydrogens is 190 g/mol. The predicted octanol–water partition coefficient (Wildman–Crippen LogP) is 1.37. The second-order valence-corrected chi connectivity index (χ2v) is 4.63. The zero-order valence-corrected chi connectivity index (χ0v) is 8.94. The van der Waals surface area contributed by atoms with Gasteiger partial charge in [-0.15, -0.1) is 0 Å². The quantitative estimate of drug-likeness (QED) is 0.684. The van der Waals surface area contributed by atoms with Crippen molar-refractivity contribution in [2.45, 2.75) is 38.4 Å². The molecule has 1 fully saturated rings. The van der Waals surface area contributed by atoms with E-state index in [2.05, 4.69) is 17.0 Å². The lowest BCUT2D eigenvalue weighted by atomic mass is 9.93. The van der Waals surface area contributed by atoms with Crippen LogP contribution in [0.5, 0.6) is 0 Å². The minimum Gasteiger partial charge on any atom is -0.296 e.